The minimum atomic E-state index is -0.415. The molecule has 0 aliphatic carbocycles. The number of hydrogen-bond donors (Lipinski definition) is 1. The van der Waals surface area contributed by atoms with Crippen LogP contribution in [0.2, 0.25) is 10.4 Å². The fourth-order valence-electron chi connectivity index (χ4n) is 1.17. The van der Waals surface area contributed by atoms with Gasteiger partial charge < -0.3 is 5.32 Å². The first-order valence-electron chi connectivity index (χ1n) is 4.68. The Bertz CT molecular complexity index is 588. The summed E-state index contributed by atoms with van der Waals surface area (Å²) in [6.07, 6.45) is 0. The Morgan fingerprint density at radius 2 is 2.00 bits per heavy atom. The van der Waals surface area contributed by atoms with Crippen LogP contribution < -0.4 is 5.32 Å². The number of nitrogens with one attached hydrogen (secondary N) is 1. The minimum Gasteiger partial charge on any atom is -0.305 e. The highest BCUT2D eigenvalue weighted by molar-refractivity contribution is 9.10. The molecule has 1 amide bonds. The average Bonchev–Trinajstić information content (AvgIpc) is 2.27. The van der Waals surface area contributed by atoms with Gasteiger partial charge in [0.25, 0.3) is 5.91 Å². The average molecular weight is 348 g/mol. The van der Waals surface area contributed by atoms with Gasteiger partial charge in [0.15, 0.2) is 0 Å². The third-order valence-corrected chi connectivity index (χ3v) is 2.66. The molecule has 0 spiro atoms. The van der Waals surface area contributed by atoms with Crippen molar-refractivity contribution in [2.24, 2.45) is 0 Å². The molecule has 0 aliphatic heterocycles. The molecule has 1 N–H and O–H groups in total. The number of hydrogen-bond acceptors (Lipinski definition) is 4. The van der Waals surface area contributed by atoms with E-state index in [1.165, 1.54) is 6.07 Å². The van der Waals surface area contributed by atoms with Crippen LogP contribution >= 0.6 is 39.1 Å². The SMILES string of the molecule is O=C(Nc1cc(Cl)nc(Cl)n1)c1cccc(Br)n1. The van der Waals surface area contributed by atoms with E-state index in [-0.39, 0.29) is 21.9 Å². The van der Waals surface area contributed by atoms with Gasteiger partial charge in [0, 0.05) is 6.07 Å². The van der Waals surface area contributed by atoms with Gasteiger partial charge in [0.05, 0.1) is 0 Å². The fourth-order valence-corrected chi connectivity index (χ4v) is 1.92. The third kappa shape index (κ3) is 3.38. The number of pyridine rings is 1. The first kappa shape index (κ1) is 13.2. The van der Waals surface area contributed by atoms with E-state index in [0.717, 1.165) is 0 Å². The third-order valence-electron chi connectivity index (χ3n) is 1.86. The molecule has 0 fully saturated rings. The van der Waals surface area contributed by atoms with Crippen molar-refractivity contribution in [1.82, 2.24) is 15.0 Å². The Morgan fingerprint density at radius 3 is 2.67 bits per heavy atom. The smallest absolute Gasteiger partial charge is 0.275 e. The molecule has 5 nitrogen and oxygen atoms in total. The summed E-state index contributed by atoms with van der Waals surface area (Å²) in [6, 6.07) is 6.38. The molecule has 0 radical (unpaired) electrons. The number of halogens is 3. The summed E-state index contributed by atoms with van der Waals surface area (Å²) in [4.78, 5) is 23.4. The summed E-state index contributed by atoms with van der Waals surface area (Å²) >= 11 is 14.5. The predicted octanol–water partition coefficient (Wildman–Crippen LogP) is 3.19. The second kappa shape index (κ2) is 5.60. The summed E-state index contributed by atoms with van der Waals surface area (Å²) in [7, 11) is 0. The van der Waals surface area contributed by atoms with Crippen molar-refractivity contribution in [3.8, 4) is 0 Å². The van der Waals surface area contributed by atoms with Crippen molar-refractivity contribution in [3.05, 3.63) is 45.0 Å². The summed E-state index contributed by atoms with van der Waals surface area (Å²) in [5.74, 6) is -0.200. The van der Waals surface area contributed by atoms with Crippen molar-refractivity contribution >= 4 is 50.9 Å². The highest BCUT2D eigenvalue weighted by atomic mass is 79.9. The summed E-state index contributed by atoms with van der Waals surface area (Å²) in [5, 5.41) is 2.63. The van der Waals surface area contributed by atoms with E-state index >= 15 is 0 Å². The molecule has 0 aliphatic rings. The molecule has 0 saturated carbocycles. The largest absolute Gasteiger partial charge is 0.305 e. The molecule has 0 atom stereocenters. The van der Waals surface area contributed by atoms with E-state index in [2.05, 4.69) is 36.2 Å². The van der Waals surface area contributed by atoms with Crippen LogP contribution in [0.25, 0.3) is 0 Å². The van der Waals surface area contributed by atoms with Crippen LogP contribution in [0.1, 0.15) is 10.5 Å². The van der Waals surface area contributed by atoms with Crippen molar-refractivity contribution in [1.29, 1.82) is 0 Å². The predicted molar refractivity (Wildman–Crippen MR) is 71.9 cm³/mol. The standard InChI is InChI=1S/C10H5BrCl2N4O/c11-6-3-1-2-5(14-6)9(18)16-8-4-7(12)15-10(13)17-8/h1-4H,(H,15,16,17,18). The van der Waals surface area contributed by atoms with Gasteiger partial charge in [0.1, 0.15) is 21.3 Å². The molecule has 0 aromatic carbocycles. The molecule has 2 aromatic heterocycles. The van der Waals surface area contributed by atoms with Gasteiger partial charge in [0.2, 0.25) is 5.28 Å². The molecule has 92 valence electrons. The number of amides is 1. The van der Waals surface area contributed by atoms with Crippen LogP contribution in [0.5, 0.6) is 0 Å². The number of carbonyl (C=O) groups is 1. The molecule has 0 saturated heterocycles. The van der Waals surface area contributed by atoms with E-state index in [1.807, 2.05) is 0 Å². The topological polar surface area (TPSA) is 67.8 Å². The highest BCUT2D eigenvalue weighted by Gasteiger charge is 2.10. The van der Waals surface area contributed by atoms with Gasteiger partial charge in [-0.05, 0) is 39.7 Å². The second-order valence-electron chi connectivity index (χ2n) is 3.14. The quantitative estimate of drug-likeness (QED) is 0.514. The lowest BCUT2D eigenvalue weighted by Crippen LogP contribution is -2.14. The van der Waals surface area contributed by atoms with Gasteiger partial charge in [-0.2, -0.15) is 0 Å². The normalized spacial score (nSPS) is 10.2. The van der Waals surface area contributed by atoms with E-state index in [1.54, 1.807) is 18.2 Å². The first-order chi connectivity index (χ1) is 8.54. The van der Waals surface area contributed by atoms with E-state index in [0.29, 0.717) is 4.60 Å². The van der Waals surface area contributed by atoms with Crippen molar-refractivity contribution in [2.75, 3.05) is 5.32 Å². The molecule has 2 aromatic rings. The van der Waals surface area contributed by atoms with E-state index in [4.69, 9.17) is 23.2 Å². The van der Waals surface area contributed by atoms with Gasteiger partial charge >= 0.3 is 0 Å². The van der Waals surface area contributed by atoms with Gasteiger partial charge in [-0.1, -0.05) is 17.7 Å². The van der Waals surface area contributed by atoms with Crippen LogP contribution in [-0.2, 0) is 0 Å². The Balaban J connectivity index is 2.21. The van der Waals surface area contributed by atoms with Crippen molar-refractivity contribution in [3.63, 3.8) is 0 Å². The van der Waals surface area contributed by atoms with Gasteiger partial charge in [-0.3, -0.25) is 4.79 Å². The zero-order valence-corrected chi connectivity index (χ0v) is 11.8. The van der Waals surface area contributed by atoms with Crippen LogP contribution in [0.4, 0.5) is 5.82 Å². The zero-order chi connectivity index (χ0) is 13.1. The Labute approximate surface area is 121 Å². The van der Waals surface area contributed by atoms with Crippen LogP contribution in [0, 0.1) is 0 Å². The maximum absolute atomic E-state index is 11.8. The van der Waals surface area contributed by atoms with Crippen LogP contribution in [0.15, 0.2) is 28.9 Å². The number of aromatic nitrogens is 3. The lowest BCUT2D eigenvalue weighted by Gasteiger charge is -2.04. The fraction of sp³-hybridized carbons (Fsp3) is 0. The Hall–Kier alpha value is -1.24. The van der Waals surface area contributed by atoms with Crippen LogP contribution in [-0.4, -0.2) is 20.9 Å². The molecule has 2 rings (SSSR count). The maximum Gasteiger partial charge on any atom is 0.275 e. The summed E-state index contributed by atoms with van der Waals surface area (Å²) in [5.41, 5.74) is 0.246. The number of rotatable bonds is 2. The van der Waals surface area contributed by atoms with Gasteiger partial charge in [-0.15, -0.1) is 0 Å². The van der Waals surface area contributed by atoms with Crippen molar-refractivity contribution in [2.45, 2.75) is 0 Å². The molecular formula is C10H5BrCl2N4O. The first-order valence-corrected chi connectivity index (χ1v) is 6.23. The van der Waals surface area contributed by atoms with E-state index < -0.39 is 5.91 Å². The highest BCUT2D eigenvalue weighted by Crippen LogP contribution is 2.15. The number of anilines is 1. The lowest BCUT2D eigenvalue weighted by molar-refractivity contribution is 0.102. The molecule has 0 unspecified atom stereocenters. The molecule has 0 bridgehead atoms. The maximum atomic E-state index is 11.8. The van der Waals surface area contributed by atoms with Crippen molar-refractivity contribution < 1.29 is 4.79 Å². The van der Waals surface area contributed by atoms with Gasteiger partial charge in [-0.25, -0.2) is 15.0 Å². The summed E-state index contributed by atoms with van der Waals surface area (Å²) in [6.45, 7) is 0. The number of carbonyl (C=O) groups excluding carboxylic acids is 1. The molecule has 2 heterocycles. The monoisotopic (exact) mass is 346 g/mol. The van der Waals surface area contributed by atoms with Crippen LogP contribution in [0.3, 0.4) is 0 Å². The molecular weight excluding hydrogens is 343 g/mol. The number of nitrogens with zero attached hydrogens (tertiary/aromatic N) is 3. The minimum absolute atomic E-state index is 0.0417. The Kier molecular flexibility index (Phi) is 4.11. The van der Waals surface area contributed by atoms with E-state index in [9.17, 15) is 4.79 Å². The lowest BCUT2D eigenvalue weighted by atomic mass is 10.3. The zero-order valence-electron chi connectivity index (χ0n) is 8.69. The Morgan fingerprint density at radius 1 is 1.22 bits per heavy atom. The molecule has 18 heavy (non-hydrogen) atoms. The summed E-state index contributed by atoms with van der Waals surface area (Å²) < 4.78 is 0.564. The molecule has 8 heteroatoms. The second-order valence-corrected chi connectivity index (χ2v) is 4.68.